The largest absolute Gasteiger partial charge is 0.455 e. The molecule has 3 heteroatoms. The maximum Gasteiger partial charge on any atom is 0.143 e. The number of fused-ring (bicyclic) bond motifs is 11. The molecule has 2 aromatic heterocycles. The Kier molecular flexibility index (Phi) is 8.16. The zero-order valence-electron chi connectivity index (χ0n) is 35.5. The van der Waals surface area contributed by atoms with E-state index in [2.05, 4.69) is 231 Å². The number of benzene rings is 10. The maximum atomic E-state index is 6.56. The predicted octanol–water partition coefficient (Wildman–Crippen LogP) is 17.9. The molecule has 0 saturated heterocycles. The van der Waals surface area contributed by atoms with Gasteiger partial charge >= 0.3 is 0 Å². The van der Waals surface area contributed by atoms with Crippen LogP contribution >= 0.6 is 11.3 Å². The monoisotopic (exact) mass is 835 g/mol. The number of hydrogen-bond acceptors (Lipinski definition) is 3. The Morgan fingerprint density at radius 3 is 1.86 bits per heavy atom. The molecule has 12 aromatic rings. The Hall–Kier alpha value is -7.72. The lowest BCUT2D eigenvalue weighted by atomic mass is 9.79. The van der Waals surface area contributed by atoms with Crippen LogP contribution in [0.2, 0.25) is 0 Å². The normalized spacial score (nSPS) is 13.0. The number of rotatable bonds is 6. The van der Waals surface area contributed by atoms with Gasteiger partial charge in [0, 0.05) is 58.7 Å². The van der Waals surface area contributed by atoms with Gasteiger partial charge in [-0.3, -0.25) is 0 Å². The van der Waals surface area contributed by atoms with E-state index in [0.717, 1.165) is 55.5 Å². The zero-order valence-corrected chi connectivity index (χ0v) is 36.3. The van der Waals surface area contributed by atoms with Crippen LogP contribution in [0.4, 0.5) is 17.1 Å². The molecule has 0 radical (unpaired) electrons. The average molecular weight is 836 g/mol. The third-order valence-electron chi connectivity index (χ3n) is 13.7. The highest BCUT2D eigenvalue weighted by Gasteiger charge is 2.37. The third kappa shape index (κ3) is 5.57. The smallest absolute Gasteiger partial charge is 0.143 e. The van der Waals surface area contributed by atoms with Crippen molar-refractivity contribution in [2.45, 2.75) is 19.3 Å². The van der Waals surface area contributed by atoms with Crippen molar-refractivity contribution in [1.82, 2.24) is 0 Å². The van der Waals surface area contributed by atoms with Gasteiger partial charge in [-0.05, 0) is 110 Å². The molecule has 2 nitrogen and oxygen atoms in total. The van der Waals surface area contributed by atoms with Crippen molar-refractivity contribution < 1.29 is 4.42 Å². The summed E-state index contributed by atoms with van der Waals surface area (Å²) in [4.78, 5) is 2.42. The molecular weight excluding hydrogens is 795 g/mol. The fraction of sp³-hybridized carbons (Fsp3) is 0.0492. The van der Waals surface area contributed by atoms with E-state index in [1.165, 1.54) is 70.1 Å². The lowest BCUT2D eigenvalue weighted by Crippen LogP contribution is -2.16. The van der Waals surface area contributed by atoms with Gasteiger partial charge in [-0.25, -0.2) is 0 Å². The molecule has 0 saturated carbocycles. The Bertz CT molecular complexity index is 3810. The minimum Gasteiger partial charge on any atom is -0.455 e. The highest BCUT2D eigenvalue weighted by Crippen LogP contribution is 2.52. The van der Waals surface area contributed by atoms with Gasteiger partial charge in [-0.15, -0.1) is 11.3 Å². The standard InChI is InChI=1S/C61H41NOS/c1-61(2)54-22-8-5-16-48(54)50-20-11-18-45(58(50)61)39-25-31-42(32-26-39)62(43-33-27-40(28-34-43)47-19-12-21-52-49-17-7-10-24-57(49)64-60(47)52)55-23-9-6-14-44(55)41-30-36-56-53(37-41)51-35-29-38-13-3-4-15-46(38)59(51)63-56/h3-37H,1-2H3. The topological polar surface area (TPSA) is 16.4 Å². The third-order valence-corrected chi connectivity index (χ3v) is 14.9. The van der Waals surface area contributed by atoms with E-state index in [-0.39, 0.29) is 5.41 Å². The number of anilines is 3. The van der Waals surface area contributed by atoms with Crippen LogP contribution in [0.3, 0.4) is 0 Å². The van der Waals surface area contributed by atoms with Crippen LogP contribution < -0.4 is 4.90 Å². The number of hydrogen-bond donors (Lipinski definition) is 0. The fourth-order valence-corrected chi connectivity index (χ4v) is 11.9. The SMILES string of the molecule is CC1(C)c2ccccc2-c2cccc(-c3ccc(N(c4ccc(-c5cccc6c5sc5ccccc56)cc4)c4ccccc4-c4ccc5oc6c7ccccc7ccc6c5c4)cc3)c21. The van der Waals surface area contributed by atoms with Gasteiger partial charge in [0.1, 0.15) is 11.2 Å². The van der Waals surface area contributed by atoms with Crippen LogP contribution in [-0.2, 0) is 5.41 Å². The van der Waals surface area contributed by atoms with E-state index < -0.39 is 0 Å². The first-order chi connectivity index (χ1) is 31.5. The lowest BCUT2D eigenvalue weighted by molar-refractivity contribution is 0.662. The molecule has 0 atom stereocenters. The van der Waals surface area contributed by atoms with Gasteiger partial charge in [-0.1, -0.05) is 172 Å². The average Bonchev–Trinajstić information content (AvgIpc) is 4.00. The quantitative estimate of drug-likeness (QED) is 0.166. The van der Waals surface area contributed by atoms with Gasteiger partial charge < -0.3 is 9.32 Å². The molecule has 13 rings (SSSR count). The summed E-state index contributed by atoms with van der Waals surface area (Å²) in [5, 5.41) is 7.18. The summed E-state index contributed by atoms with van der Waals surface area (Å²) < 4.78 is 9.20. The van der Waals surface area contributed by atoms with E-state index in [4.69, 9.17) is 4.42 Å². The van der Waals surface area contributed by atoms with Crippen molar-refractivity contribution >= 4 is 81.3 Å². The van der Waals surface area contributed by atoms with Crippen molar-refractivity contribution in [3.05, 3.63) is 223 Å². The van der Waals surface area contributed by atoms with Crippen LogP contribution in [0.25, 0.3) is 97.4 Å². The van der Waals surface area contributed by atoms with Crippen LogP contribution in [0, 0.1) is 0 Å². The van der Waals surface area contributed by atoms with Gasteiger partial charge in [-0.2, -0.15) is 0 Å². The minimum absolute atomic E-state index is 0.109. The zero-order chi connectivity index (χ0) is 42.5. The molecule has 0 spiro atoms. The maximum absolute atomic E-state index is 6.56. The molecule has 2 heterocycles. The second kappa shape index (κ2) is 14.2. The van der Waals surface area contributed by atoms with Crippen LogP contribution in [0.1, 0.15) is 25.0 Å². The number of nitrogens with zero attached hydrogens (tertiary/aromatic N) is 1. The summed E-state index contributed by atoms with van der Waals surface area (Å²) in [5.74, 6) is 0. The molecule has 1 aliphatic carbocycles. The van der Waals surface area contributed by atoms with Crippen molar-refractivity contribution in [1.29, 1.82) is 0 Å². The Labute approximate surface area is 375 Å². The molecular formula is C61H41NOS. The highest BCUT2D eigenvalue weighted by atomic mass is 32.1. The predicted molar refractivity (Wildman–Crippen MR) is 273 cm³/mol. The summed E-state index contributed by atoms with van der Waals surface area (Å²) in [7, 11) is 0. The first-order valence-corrected chi connectivity index (χ1v) is 22.9. The minimum atomic E-state index is -0.109. The fourth-order valence-electron chi connectivity index (χ4n) is 10.7. The molecule has 0 bridgehead atoms. The summed E-state index contributed by atoms with van der Waals surface area (Å²) in [5.41, 5.74) is 17.7. The van der Waals surface area contributed by atoms with Gasteiger partial charge in [0.25, 0.3) is 0 Å². The van der Waals surface area contributed by atoms with Gasteiger partial charge in [0.15, 0.2) is 0 Å². The number of thiophene rings is 1. The highest BCUT2D eigenvalue weighted by molar-refractivity contribution is 7.26. The van der Waals surface area contributed by atoms with Crippen molar-refractivity contribution in [2.75, 3.05) is 4.90 Å². The van der Waals surface area contributed by atoms with E-state index >= 15 is 0 Å². The molecule has 0 unspecified atom stereocenters. The summed E-state index contributed by atoms with van der Waals surface area (Å²) in [6.45, 7) is 4.73. The number of furan rings is 1. The Morgan fingerprint density at radius 1 is 0.422 bits per heavy atom. The molecule has 0 amide bonds. The van der Waals surface area contributed by atoms with Crippen molar-refractivity contribution in [2.24, 2.45) is 0 Å². The summed E-state index contributed by atoms with van der Waals surface area (Å²) >= 11 is 1.88. The molecule has 10 aromatic carbocycles. The Morgan fingerprint density at radius 2 is 1.03 bits per heavy atom. The molecule has 0 N–H and O–H groups in total. The second-order valence-corrected chi connectivity index (χ2v) is 18.7. The number of para-hydroxylation sites is 1. The molecule has 0 fully saturated rings. The molecule has 0 aliphatic heterocycles. The molecule has 1 aliphatic rings. The van der Waals surface area contributed by atoms with Crippen LogP contribution in [0.5, 0.6) is 0 Å². The second-order valence-electron chi connectivity index (χ2n) is 17.6. The van der Waals surface area contributed by atoms with Gasteiger partial charge in [0.2, 0.25) is 0 Å². The first-order valence-electron chi connectivity index (χ1n) is 22.1. The van der Waals surface area contributed by atoms with E-state index in [1.54, 1.807) is 0 Å². The molecule has 302 valence electrons. The van der Waals surface area contributed by atoms with E-state index in [0.29, 0.717) is 0 Å². The summed E-state index contributed by atoms with van der Waals surface area (Å²) in [6, 6.07) is 77.8. The Balaban J connectivity index is 0.957. The first kappa shape index (κ1) is 36.9. The van der Waals surface area contributed by atoms with Gasteiger partial charge in [0.05, 0.1) is 5.69 Å². The van der Waals surface area contributed by atoms with E-state index in [9.17, 15) is 0 Å². The summed E-state index contributed by atoms with van der Waals surface area (Å²) in [6.07, 6.45) is 0. The van der Waals surface area contributed by atoms with Crippen molar-refractivity contribution in [3.8, 4) is 44.5 Å². The van der Waals surface area contributed by atoms with Crippen molar-refractivity contribution in [3.63, 3.8) is 0 Å². The van der Waals surface area contributed by atoms with Crippen LogP contribution in [-0.4, -0.2) is 0 Å². The van der Waals surface area contributed by atoms with Crippen LogP contribution in [0.15, 0.2) is 217 Å². The lowest BCUT2D eigenvalue weighted by Gasteiger charge is -2.28. The molecule has 64 heavy (non-hydrogen) atoms. The van der Waals surface area contributed by atoms with E-state index in [1.807, 2.05) is 11.3 Å².